The zero-order valence-corrected chi connectivity index (χ0v) is 12.6. The van der Waals surface area contributed by atoms with Crippen molar-refractivity contribution < 1.29 is 4.79 Å². The summed E-state index contributed by atoms with van der Waals surface area (Å²) >= 11 is 1.60. The molecule has 114 valence electrons. The number of nitrogens with zero attached hydrogens (tertiary/aromatic N) is 3. The van der Waals surface area contributed by atoms with E-state index in [-0.39, 0.29) is 11.6 Å². The fourth-order valence-electron chi connectivity index (χ4n) is 2.32. The first-order valence-electron chi connectivity index (χ1n) is 6.89. The van der Waals surface area contributed by atoms with Gasteiger partial charge in [0.15, 0.2) is 5.65 Å². The lowest BCUT2D eigenvalue weighted by molar-refractivity contribution is 0.0951. The third-order valence-corrected chi connectivity index (χ3v) is 4.53. The van der Waals surface area contributed by atoms with Crippen LogP contribution in [0.15, 0.2) is 47.5 Å². The minimum absolute atomic E-state index is 0.214. The smallest absolute Gasteiger partial charge is 0.347 e. The van der Waals surface area contributed by atoms with E-state index in [1.54, 1.807) is 29.7 Å². The second kappa shape index (κ2) is 5.33. The Morgan fingerprint density at radius 2 is 2.26 bits per heavy atom. The number of carbonyl (C=O) groups is 1. The van der Waals surface area contributed by atoms with Gasteiger partial charge >= 0.3 is 5.69 Å². The van der Waals surface area contributed by atoms with Crippen LogP contribution in [0.2, 0.25) is 0 Å². The van der Waals surface area contributed by atoms with Crippen molar-refractivity contribution >= 4 is 33.1 Å². The van der Waals surface area contributed by atoms with Gasteiger partial charge in [0.25, 0.3) is 5.91 Å². The molecule has 0 saturated heterocycles. The van der Waals surface area contributed by atoms with E-state index in [2.05, 4.69) is 20.5 Å². The van der Waals surface area contributed by atoms with Crippen LogP contribution in [-0.4, -0.2) is 25.5 Å². The van der Waals surface area contributed by atoms with E-state index in [1.165, 1.54) is 10.6 Å². The summed E-state index contributed by atoms with van der Waals surface area (Å²) in [5.74, 6) is -0.214. The Balaban J connectivity index is 1.53. The largest absolute Gasteiger partial charge is 0.347 e. The molecule has 0 spiro atoms. The average molecular weight is 325 g/mol. The van der Waals surface area contributed by atoms with Gasteiger partial charge in [-0.1, -0.05) is 0 Å². The first kappa shape index (κ1) is 13.6. The first-order valence-corrected chi connectivity index (χ1v) is 7.71. The van der Waals surface area contributed by atoms with Crippen molar-refractivity contribution in [2.24, 2.45) is 0 Å². The Kier molecular flexibility index (Phi) is 3.16. The first-order chi connectivity index (χ1) is 11.2. The lowest BCUT2D eigenvalue weighted by Crippen LogP contribution is -2.22. The molecule has 2 N–H and O–H groups in total. The number of thiophene rings is 1. The van der Waals surface area contributed by atoms with E-state index < -0.39 is 0 Å². The summed E-state index contributed by atoms with van der Waals surface area (Å²) in [7, 11) is 0. The molecule has 8 heteroatoms. The topological polar surface area (TPSA) is 92.2 Å². The molecule has 0 atom stereocenters. The summed E-state index contributed by atoms with van der Waals surface area (Å²) in [6, 6.07) is 9.02. The SMILES string of the molecule is O=C(NCc1cc2ncccc2s1)c1ccn2c(=O)[nH]nc2c1. The van der Waals surface area contributed by atoms with Crippen LogP contribution in [0.3, 0.4) is 0 Å². The summed E-state index contributed by atoms with van der Waals surface area (Å²) in [5.41, 5.74) is 1.47. The van der Waals surface area contributed by atoms with Crippen LogP contribution in [0.25, 0.3) is 15.9 Å². The maximum absolute atomic E-state index is 12.2. The minimum Gasteiger partial charge on any atom is -0.347 e. The Morgan fingerprint density at radius 1 is 1.35 bits per heavy atom. The van der Waals surface area contributed by atoms with Gasteiger partial charge in [-0.3, -0.25) is 14.2 Å². The van der Waals surface area contributed by atoms with Crippen molar-refractivity contribution in [1.29, 1.82) is 0 Å². The summed E-state index contributed by atoms with van der Waals surface area (Å²) in [5, 5.41) is 9.05. The zero-order valence-electron chi connectivity index (χ0n) is 11.8. The molecule has 0 radical (unpaired) electrons. The fourth-order valence-corrected chi connectivity index (χ4v) is 3.28. The molecule has 7 nitrogen and oxygen atoms in total. The van der Waals surface area contributed by atoms with Crippen molar-refractivity contribution in [3.05, 3.63) is 63.7 Å². The second-order valence-electron chi connectivity index (χ2n) is 4.95. The quantitative estimate of drug-likeness (QED) is 0.598. The molecule has 4 rings (SSSR count). The van der Waals surface area contributed by atoms with Gasteiger partial charge in [-0.2, -0.15) is 5.10 Å². The van der Waals surface area contributed by atoms with Crippen LogP contribution < -0.4 is 11.0 Å². The van der Waals surface area contributed by atoms with Crippen LogP contribution in [0, 0.1) is 0 Å². The highest BCUT2D eigenvalue weighted by Crippen LogP contribution is 2.23. The molecule has 0 aliphatic rings. The van der Waals surface area contributed by atoms with Crippen molar-refractivity contribution in [2.45, 2.75) is 6.54 Å². The van der Waals surface area contributed by atoms with Crippen LogP contribution in [0.4, 0.5) is 0 Å². The van der Waals surface area contributed by atoms with Gasteiger partial charge < -0.3 is 5.32 Å². The molecule has 4 heterocycles. The van der Waals surface area contributed by atoms with Crippen LogP contribution >= 0.6 is 11.3 Å². The number of aromatic amines is 1. The average Bonchev–Trinajstić information content (AvgIpc) is 3.15. The number of hydrogen-bond donors (Lipinski definition) is 2. The molecular formula is C15H11N5O2S. The monoisotopic (exact) mass is 325 g/mol. The Bertz CT molecular complexity index is 1050. The van der Waals surface area contributed by atoms with Crippen molar-refractivity contribution in [1.82, 2.24) is 24.9 Å². The molecule has 0 bridgehead atoms. The standard InChI is InChI=1S/C15H11N5O2S/c21-14(9-3-5-20-13(6-9)18-19-15(20)22)17-8-10-7-11-12(23-10)2-1-4-16-11/h1-7H,8H2,(H,17,21)(H,19,22). The van der Waals surface area contributed by atoms with E-state index in [0.717, 1.165) is 15.1 Å². The van der Waals surface area contributed by atoms with E-state index in [4.69, 9.17) is 0 Å². The fraction of sp³-hybridized carbons (Fsp3) is 0.0667. The van der Waals surface area contributed by atoms with Gasteiger partial charge in [0.1, 0.15) is 0 Å². The number of carbonyl (C=O) groups excluding carboxylic acids is 1. The van der Waals surface area contributed by atoms with E-state index >= 15 is 0 Å². The van der Waals surface area contributed by atoms with Gasteiger partial charge in [-0.25, -0.2) is 9.89 Å². The molecule has 1 amide bonds. The lowest BCUT2D eigenvalue weighted by Gasteiger charge is -2.03. The third-order valence-electron chi connectivity index (χ3n) is 3.44. The minimum atomic E-state index is -0.329. The van der Waals surface area contributed by atoms with Crippen molar-refractivity contribution in [3.8, 4) is 0 Å². The van der Waals surface area contributed by atoms with Crippen molar-refractivity contribution in [2.75, 3.05) is 0 Å². The molecule has 0 saturated carbocycles. The molecule has 4 aromatic rings. The Morgan fingerprint density at radius 3 is 3.13 bits per heavy atom. The Labute approximate surface area is 133 Å². The van der Waals surface area contributed by atoms with E-state index in [9.17, 15) is 9.59 Å². The lowest BCUT2D eigenvalue weighted by atomic mass is 10.2. The number of hydrogen-bond acceptors (Lipinski definition) is 5. The normalized spacial score (nSPS) is 11.1. The predicted molar refractivity (Wildman–Crippen MR) is 86.6 cm³/mol. The van der Waals surface area contributed by atoms with Crippen LogP contribution in [0.5, 0.6) is 0 Å². The molecule has 0 fully saturated rings. The predicted octanol–water partition coefficient (Wildman–Crippen LogP) is 1.56. The zero-order chi connectivity index (χ0) is 15.8. The van der Waals surface area contributed by atoms with Gasteiger partial charge in [-0.05, 0) is 30.3 Å². The van der Waals surface area contributed by atoms with E-state index in [1.807, 2.05) is 18.2 Å². The molecule has 0 unspecified atom stereocenters. The third kappa shape index (κ3) is 2.49. The number of pyridine rings is 2. The van der Waals surface area contributed by atoms with Crippen LogP contribution in [-0.2, 0) is 6.54 Å². The molecule has 23 heavy (non-hydrogen) atoms. The summed E-state index contributed by atoms with van der Waals surface area (Å²) in [6.07, 6.45) is 3.28. The molecule has 0 aromatic carbocycles. The molecule has 0 aliphatic carbocycles. The summed E-state index contributed by atoms with van der Waals surface area (Å²) < 4.78 is 2.43. The molecular weight excluding hydrogens is 314 g/mol. The molecule has 4 aromatic heterocycles. The van der Waals surface area contributed by atoms with E-state index in [0.29, 0.717) is 17.8 Å². The van der Waals surface area contributed by atoms with Gasteiger partial charge in [-0.15, -0.1) is 11.3 Å². The number of fused-ring (bicyclic) bond motifs is 2. The maximum Gasteiger partial charge on any atom is 0.347 e. The number of amides is 1. The number of aromatic nitrogens is 4. The summed E-state index contributed by atoms with van der Waals surface area (Å²) in [6.45, 7) is 0.429. The van der Waals surface area contributed by atoms with Gasteiger partial charge in [0.2, 0.25) is 0 Å². The van der Waals surface area contributed by atoms with Crippen molar-refractivity contribution in [3.63, 3.8) is 0 Å². The number of H-pyrrole nitrogens is 1. The highest BCUT2D eigenvalue weighted by Gasteiger charge is 2.09. The second-order valence-corrected chi connectivity index (χ2v) is 6.12. The number of rotatable bonds is 3. The van der Waals surface area contributed by atoms with Crippen LogP contribution in [0.1, 0.15) is 15.2 Å². The van der Waals surface area contributed by atoms with Gasteiger partial charge in [0, 0.05) is 22.8 Å². The Hall–Kier alpha value is -3.00. The van der Waals surface area contributed by atoms with Gasteiger partial charge in [0.05, 0.1) is 16.8 Å². The highest BCUT2D eigenvalue weighted by atomic mass is 32.1. The summed E-state index contributed by atoms with van der Waals surface area (Å²) in [4.78, 5) is 28.9. The highest BCUT2D eigenvalue weighted by molar-refractivity contribution is 7.19. The number of nitrogens with one attached hydrogen (secondary N) is 2. The molecule has 0 aliphatic heterocycles. The maximum atomic E-state index is 12.2.